The normalized spacial score (nSPS) is 16.6. The number of sulfonamides is 1. The Balaban J connectivity index is 1.20. The molecule has 3 aromatic carbocycles. The number of hydrogen-bond acceptors (Lipinski definition) is 6. The molecule has 2 saturated heterocycles. The summed E-state index contributed by atoms with van der Waals surface area (Å²) in [6, 6.07) is 24.5. The van der Waals surface area contributed by atoms with Crippen molar-refractivity contribution in [3.63, 3.8) is 0 Å². The molecule has 0 bridgehead atoms. The van der Waals surface area contributed by atoms with Crippen LogP contribution in [-0.2, 0) is 14.8 Å². The van der Waals surface area contributed by atoms with Crippen molar-refractivity contribution in [3.05, 3.63) is 90.5 Å². The predicted molar refractivity (Wildman–Crippen MR) is 158 cm³/mol. The highest BCUT2D eigenvalue weighted by Crippen LogP contribution is 2.34. The van der Waals surface area contributed by atoms with Gasteiger partial charge in [-0.15, -0.1) is 0 Å². The van der Waals surface area contributed by atoms with E-state index in [1.54, 1.807) is 24.3 Å². The van der Waals surface area contributed by atoms with Gasteiger partial charge in [0.1, 0.15) is 0 Å². The zero-order chi connectivity index (χ0) is 28.0. The lowest BCUT2D eigenvalue weighted by molar-refractivity contribution is -0.131. The minimum atomic E-state index is -3.95. The van der Waals surface area contributed by atoms with E-state index < -0.39 is 15.9 Å². The van der Waals surface area contributed by atoms with Gasteiger partial charge in [-0.05, 0) is 87.3 Å². The van der Waals surface area contributed by atoms with Gasteiger partial charge in [0.05, 0.1) is 17.1 Å². The average molecular weight is 579 g/mol. The van der Waals surface area contributed by atoms with Crippen LogP contribution in [0.4, 0.5) is 5.69 Å². The molecule has 0 spiro atoms. The van der Waals surface area contributed by atoms with Gasteiger partial charge in [-0.3, -0.25) is 9.59 Å². The van der Waals surface area contributed by atoms with E-state index in [0.29, 0.717) is 30.4 Å². The SMILES string of the molecule is O=C(NCC(=O)N1CCC(N2CCCC2)CC1)c1ccc(S(=O)(=O)N(Sc2ccccc2)c2ccccc2)cc1. The van der Waals surface area contributed by atoms with Gasteiger partial charge in [0.25, 0.3) is 15.9 Å². The van der Waals surface area contributed by atoms with Gasteiger partial charge in [0.15, 0.2) is 0 Å². The fraction of sp³-hybridized carbons (Fsp3) is 0.333. The predicted octanol–water partition coefficient (Wildman–Crippen LogP) is 4.41. The van der Waals surface area contributed by atoms with Gasteiger partial charge >= 0.3 is 0 Å². The van der Waals surface area contributed by atoms with Gasteiger partial charge in [-0.1, -0.05) is 36.4 Å². The van der Waals surface area contributed by atoms with Crippen LogP contribution in [-0.4, -0.2) is 68.8 Å². The molecule has 2 aliphatic heterocycles. The van der Waals surface area contributed by atoms with Gasteiger partial charge < -0.3 is 15.1 Å². The van der Waals surface area contributed by atoms with Crippen molar-refractivity contribution < 1.29 is 18.0 Å². The summed E-state index contributed by atoms with van der Waals surface area (Å²) in [4.78, 5) is 30.7. The number of amides is 2. The van der Waals surface area contributed by atoms with E-state index in [9.17, 15) is 18.0 Å². The Morgan fingerprint density at radius 2 is 1.43 bits per heavy atom. The van der Waals surface area contributed by atoms with E-state index in [1.165, 1.54) is 40.8 Å². The standard InChI is InChI=1S/C30H34N4O4S2/c35-29(33-21-17-25(18-22-33)32-19-7-8-20-32)23-31-30(36)24-13-15-28(16-14-24)40(37,38)34(26-9-3-1-4-10-26)39-27-11-5-2-6-12-27/h1-6,9-16,25H,7-8,17-23H2,(H,31,36). The molecule has 10 heteroatoms. The van der Waals surface area contributed by atoms with Crippen molar-refractivity contribution in [1.82, 2.24) is 15.1 Å². The third-order valence-electron chi connectivity index (χ3n) is 7.41. The van der Waals surface area contributed by atoms with E-state index in [-0.39, 0.29) is 17.3 Å². The minimum Gasteiger partial charge on any atom is -0.343 e. The van der Waals surface area contributed by atoms with Gasteiger partial charge in [-0.25, -0.2) is 12.1 Å². The average Bonchev–Trinajstić information content (AvgIpc) is 3.55. The lowest BCUT2D eigenvalue weighted by Crippen LogP contribution is -2.48. The molecule has 3 aromatic rings. The number of para-hydroxylation sites is 1. The molecule has 2 fully saturated rings. The van der Waals surface area contributed by atoms with E-state index >= 15 is 0 Å². The number of anilines is 1. The monoisotopic (exact) mass is 578 g/mol. The third kappa shape index (κ3) is 6.68. The van der Waals surface area contributed by atoms with Crippen LogP contribution in [0.15, 0.2) is 94.7 Å². The van der Waals surface area contributed by atoms with E-state index in [1.807, 2.05) is 41.3 Å². The summed E-state index contributed by atoms with van der Waals surface area (Å²) >= 11 is 1.11. The number of hydrogen-bond donors (Lipinski definition) is 1. The molecular formula is C30H34N4O4S2. The first kappa shape index (κ1) is 28.2. The number of nitrogens with zero attached hydrogens (tertiary/aromatic N) is 3. The van der Waals surface area contributed by atoms with Crippen LogP contribution < -0.4 is 9.03 Å². The Kier molecular flexibility index (Phi) is 9.08. The van der Waals surface area contributed by atoms with Gasteiger partial charge in [0.2, 0.25) is 5.91 Å². The molecule has 2 aliphatic rings. The summed E-state index contributed by atoms with van der Waals surface area (Å²) < 4.78 is 28.6. The highest BCUT2D eigenvalue weighted by molar-refractivity contribution is 8.14. The summed E-state index contributed by atoms with van der Waals surface area (Å²) in [5.41, 5.74) is 0.808. The van der Waals surface area contributed by atoms with Gasteiger partial charge in [-0.2, -0.15) is 0 Å². The maximum absolute atomic E-state index is 13.7. The Hall–Kier alpha value is -3.34. The van der Waals surface area contributed by atoms with Crippen LogP contribution in [0.1, 0.15) is 36.0 Å². The summed E-state index contributed by atoms with van der Waals surface area (Å²) in [7, 11) is -3.95. The second-order valence-electron chi connectivity index (χ2n) is 10.0. The number of piperidine rings is 1. The number of benzene rings is 3. The smallest absolute Gasteiger partial charge is 0.274 e. The number of rotatable bonds is 9. The first-order valence-electron chi connectivity index (χ1n) is 13.7. The summed E-state index contributed by atoms with van der Waals surface area (Å²) in [6.45, 7) is 3.65. The molecule has 0 radical (unpaired) electrons. The van der Waals surface area contributed by atoms with E-state index in [0.717, 1.165) is 42.8 Å². The van der Waals surface area contributed by atoms with Crippen LogP contribution in [0.5, 0.6) is 0 Å². The molecule has 0 aliphatic carbocycles. The molecule has 8 nitrogen and oxygen atoms in total. The fourth-order valence-electron chi connectivity index (χ4n) is 5.20. The number of nitrogens with one attached hydrogen (secondary N) is 1. The number of carbonyl (C=O) groups is 2. The van der Waals surface area contributed by atoms with Crippen LogP contribution in [0.3, 0.4) is 0 Å². The molecule has 40 heavy (non-hydrogen) atoms. The first-order valence-corrected chi connectivity index (χ1v) is 15.9. The van der Waals surface area contributed by atoms with Crippen molar-refractivity contribution in [1.29, 1.82) is 0 Å². The second kappa shape index (κ2) is 12.9. The second-order valence-corrected chi connectivity index (χ2v) is 13.1. The van der Waals surface area contributed by atoms with Gasteiger partial charge in [0, 0.05) is 41.5 Å². The minimum absolute atomic E-state index is 0.0632. The molecule has 0 unspecified atom stereocenters. The highest BCUT2D eigenvalue weighted by atomic mass is 32.3. The summed E-state index contributed by atoms with van der Waals surface area (Å²) in [5.74, 6) is -0.508. The summed E-state index contributed by atoms with van der Waals surface area (Å²) in [6.07, 6.45) is 4.46. The molecule has 1 N–H and O–H groups in total. The number of likely N-dealkylation sites (tertiary alicyclic amines) is 2. The molecular weight excluding hydrogens is 544 g/mol. The lowest BCUT2D eigenvalue weighted by atomic mass is 10.0. The third-order valence-corrected chi connectivity index (χ3v) is 10.6. The maximum Gasteiger partial charge on any atom is 0.274 e. The largest absolute Gasteiger partial charge is 0.343 e. The molecule has 0 atom stereocenters. The maximum atomic E-state index is 13.7. The van der Waals surface area contributed by atoms with Crippen LogP contribution >= 0.6 is 11.9 Å². The van der Waals surface area contributed by atoms with E-state index in [4.69, 9.17) is 0 Å². The fourth-order valence-corrected chi connectivity index (χ4v) is 7.88. The van der Waals surface area contributed by atoms with Crippen molar-refractivity contribution in [3.8, 4) is 0 Å². The van der Waals surface area contributed by atoms with E-state index in [2.05, 4.69) is 10.2 Å². The molecule has 5 rings (SSSR count). The van der Waals surface area contributed by atoms with Crippen LogP contribution in [0.25, 0.3) is 0 Å². The Morgan fingerprint density at radius 3 is 2.05 bits per heavy atom. The molecule has 0 aromatic heterocycles. The van der Waals surface area contributed by atoms with Crippen molar-refractivity contribution in [2.75, 3.05) is 36.4 Å². The number of carbonyl (C=O) groups excluding carboxylic acids is 2. The molecule has 210 valence electrons. The van der Waals surface area contributed by atoms with Crippen molar-refractivity contribution in [2.45, 2.75) is 41.5 Å². The Bertz CT molecular complexity index is 1390. The quantitative estimate of drug-likeness (QED) is 0.379. The zero-order valence-electron chi connectivity index (χ0n) is 22.3. The van der Waals surface area contributed by atoms with Crippen LogP contribution in [0, 0.1) is 0 Å². The van der Waals surface area contributed by atoms with Crippen molar-refractivity contribution >= 4 is 39.5 Å². The first-order chi connectivity index (χ1) is 19.4. The molecule has 0 saturated carbocycles. The topological polar surface area (TPSA) is 90.0 Å². The zero-order valence-corrected chi connectivity index (χ0v) is 23.9. The lowest BCUT2D eigenvalue weighted by Gasteiger charge is -2.36. The Morgan fingerprint density at radius 1 is 0.825 bits per heavy atom. The highest BCUT2D eigenvalue weighted by Gasteiger charge is 2.29. The molecule has 2 amide bonds. The summed E-state index contributed by atoms with van der Waals surface area (Å²) in [5, 5.41) is 2.70. The van der Waals surface area contributed by atoms with Crippen LogP contribution in [0.2, 0.25) is 0 Å². The Labute approximate surface area is 240 Å². The van der Waals surface area contributed by atoms with Crippen molar-refractivity contribution in [2.24, 2.45) is 0 Å². The molecule has 2 heterocycles.